The summed E-state index contributed by atoms with van der Waals surface area (Å²) in [6.45, 7) is 0.941. The van der Waals surface area contributed by atoms with Gasteiger partial charge in [0.15, 0.2) is 0 Å². The summed E-state index contributed by atoms with van der Waals surface area (Å²) in [5, 5.41) is 0. The van der Waals surface area contributed by atoms with E-state index in [1.807, 2.05) is 0 Å². The summed E-state index contributed by atoms with van der Waals surface area (Å²) >= 11 is 0. The lowest BCUT2D eigenvalue weighted by Crippen LogP contribution is -2.45. The number of sulfonamides is 1. The number of ether oxygens (including phenoxy) is 1. The maximum atomic E-state index is 12.4. The largest absolute Gasteiger partial charge is 0.497 e. The number of nitrogens with zero attached hydrogens (tertiary/aromatic N) is 1. The summed E-state index contributed by atoms with van der Waals surface area (Å²) in [4.78, 5) is 0.289. The van der Waals surface area contributed by atoms with Crippen LogP contribution in [0.1, 0.15) is 12.8 Å². The Bertz CT molecular complexity index is 499. The third-order valence-corrected chi connectivity index (χ3v) is 5.00. The van der Waals surface area contributed by atoms with Gasteiger partial charge in [0.25, 0.3) is 0 Å². The molecular formula is C12H18N2O3S. The van der Waals surface area contributed by atoms with Gasteiger partial charge in [-0.25, -0.2) is 8.42 Å². The number of benzene rings is 1. The highest BCUT2D eigenvalue weighted by molar-refractivity contribution is 7.89. The summed E-state index contributed by atoms with van der Waals surface area (Å²) in [5.41, 5.74) is 5.82. The molecule has 1 atom stereocenters. The molecule has 1 aromatic rings. The number of hydrogen-bond acceptors (Lipinski definition) is 4. The smallest absolute Gasteiger partial charge is 0.243 e. The first kappa shape index (κ1) is 13.3. The van der Waals surface area contributed by atoms with Crippen LogP contribution in [-0.4, -0.2) is 39.0 Å². The predicted octanol–water partition coefficient (Wildman–Crippen LogP) is 0.807. The van der Waals surface area contributed by atoms with Crippen LogP contribution in [0, 0.1) is 0 Å². The lowest BCUT2D eigenvalue weighted by molar-refractivity contribution is 0.316. The molecule has 1 heterocycles. The van der Waals surface area contributed by atoms with Crippen molar-refractivity contribution < 1.29 is 13.2 Å². The van der Waals surface area contributed by atoms with E-state index >= 15 is 0 Å². The van der Waals surface area contributed by atoms with E-state index in [9.17, 15) is 8.42 Å². The Hall–Kier alpha value is -1.11. The van der Waals surface area contributed by atoms with Gasteiger partial charge in [0.05, 0.1) is 12.0 Å². The minimum absolute atomic E-state index is 0.0632. The van der Waals surface area contributed by atoms with Gasteiger partial charge in [-0.1, -0.05) is 0 Å². The minimum Gasteiger partial charge on any atom is -0.497 e. The molecule has 1 fully saturated rings. The lowest BCUT2D eigenvalue weighted by atomic mass is 10.1. The molecule has 100 valence electrons. The molecule has 18 heavy (non-hydrogen) atoms. The molecule has 0 bridgehead atoms. The Labute approximate surface area is 108 Å². The number of rotatable bonds is 3. The molecule has 0 amide bonds. The molecule has 1 aromatic carbocycles. The van der Waals surface area contributed by atoms with Gasteiger partial charge in [-0.3, -0.25) is 0 Å². The summed E-state index contributed by atoms with van der Waals surface area (Å²) in [7, 11) is -1.87. The molecule has 6 heteroatoms. The Morgan fingerprint density at radius 2 is 2.00 bits per heavy atom. The maximum Gasteiger partial charge on any atom is 0.243 e. The second-order valence-corrected chi connectivity index (χ2v) is 6.38. The van der Waals surface area contributed by atoms with Crippen LogP contribution in [0.25, 0.3) is 0 Å². The molecule has 0 saturated carbocycles. The van der Waals surface area contributed by atoms with E-state index in [1.54, 1.807) is 31.4 Å². The van der Waals surface area contributed by atoms with Gasteiger partial charge in [-0.2, -0.15) is 4.31 Å². The van der Waals surface area contributed by atoms with Crippen LogP contribution in [0.2, 0.25) is 0 Å². The third kappa shape index (κ3) is 2.66. The number of piperidine rings is 1. The first-order valence-electron chi connectivity index (χ1n) is 5.94. The molecule has 1 aliphatic rings. The Kier molecular flexibility index (Phi) is 3.89. The molecule has 2 rings (SSSR count). The molecule has 0 spiro atoms. The maximum absolute atomic E-state index is 12.4. The van der Waals surface area contributed by atoms with Crippen molar-refractivity contribution in [1.82, 2.24) is 4.31 Å². The van der Waals surface area contributed by atoms with Crippen LogP contribution in [0.3, 0.4) is 0 Å². The predicted molar refractivity (Wildman–Crippen MR) is 69.0 cm³/mol. The van der Waals surface area contributed by atoms with Crippen LogP contribution in [0.15, 0.2) is 29.2 Å². The minimum atomic E-state index is -3.42. The molecule has 1 aliphatic heterocycles. The van der Waals surface area contributed by atoms with E-state index < -0.39 is 10.0 Å². The summed E-state index contributed by atoms with van der Waals surface area (Å²) in [6.07, 6.45) is 1.70. The quantitative estimate of drug-likeness (QED) is 0.882. The molecule has 5 nitrogen and oxygen atoms in total. The second-order valence-electron chi connectivity index (χ2n) is 4.44. The van der Waals surface area contributed by atoms with E-state index in [0.717, 1.165) is 12.8 Å². The molecule has 0 radical (unpaired) electrons. The van der Waals surface area contributed by atoms with Gasteiger partial charge < -0.3 is 10.5 Å². The zero-order valence-electron chi connectivity index (χ0n) is 10.4. The zero-order chi connectivity index (χ0) is 13.2. The molecular weight excluding hydrogens is 252 g/mol. The Morgan fingerprint density at radius 3 is 2.56 bits per heavy atom. The van der Waals surface area contributed by atoms with Crippen molar-refractivity contribution in [3.63, 3.8) is 0 Å². The summed E-state index contributed by atoms with van der Waals surface area (Å²) < 4.78 is 31.2. The molecule has 1 saturated heterocycles. The van der Waals surface area contributed by atoms with Gasteiger partial charge in [0.1, 0.15) is 5.75 Å². The first-order chi connectivity index (χ1) is 8.54. The van der Waals surface area contributed by atoms with Crippen molar-refractivity contribution in [2.24, 2.45) is 5.73 Å². The van der Waals surface area contributed by atoms with Gasteiger partial charge >= 0.3 is 0 Å². The van der Waals surface area contributed by atoms with Crippen LogP contribution in [0.4, 0.5) is 0 Å². The van der Waals surface area contributed by atoms with Crippen LogP contribution >= 0.6 is 0 Å². The van der Waals surface area contributed by atoms with Crippen molar-refractivity contribution in [2.45, 2.75) is 23.8 Å². The summed E-state index contributed by atoms with van der Waals surface area (Å²) in [5.74, 6) is 0.643. The number of hydrogen-bond donors (Lipinski definition) is 1. The molecule has 0 aromatic heterocycles. The average molecular weight is 270 g/mol. The molecule has 0 aliphatic carbocycles. The fraction of sp³-hybridized carbons (Fsp3) is 0.500. The van der Waals surface area contributed by atoms with Crippen molar-refractivity contribution in [1.29, 1.82) is 0 Å². The second kappa shape index (κ2) is 5.26. The van der Waals surface area contributed by atoms with E-state index in [1.165, 1.54) is 4.31 Å². The van der Waals surface area contributed by atoms with Gasteiger partial charge in [0.2, 0.25) is 10.0 Å². The van der Waals surface area contributed by atoms with Gasteiger partial charge in [-0.15, -0.1) is 0 Å². The highest BCUT2D eigenvalue weighted by Crippen LogP contribution is 2.22. The molecule has 1 unspecified atom stereocenters. The average Bonchev–Trinajstić information content (AvgIpc) is 2.39. The van der Waals surface area contributed by atoms with Crippen molar-refractivity contribution >= 4 is 10.0 Å². The number of nitrogens with two attached hydrogens (primary N) is 1. The van der Waals surface area contributed by atoms with Crippen LogP contribution in [-0.2, 0) is 10.0 Å². The van der Waals surface area contributed by atoms with E-state index in [0.29, 0.717) is 18.8 Å². The van der Waals surface area contributed by atoms with E-state index in [2.05, 4.69) is 0 Å². The van der Waals surface area contributed by atoms with E-state index in [4.69, 9.17) is 10.5 Å². The highest BCUT2D eigenvalue weighted by Gasteiger charge is 2.28. The SMILES string of the molecule is COc1ccc(S(=O)(=O)N2CCCC(N)C2)cc1. The third-order valence-electron chi connectivity index (χ3n) is 3.12. The first-order valence-corrected chi connectivity index (χ1v) is 7.38. The van der Waals surface area contributed by atoms with Crippen molar-refractivity contribution in [2.75, 3.05) is 20.2 Å². The zero-order valence-corrected chi connectivity index (χ0v) is 11.2. The standard InChI is InChI=1S/C12H18N2O3S/c1-17-11-4-6-12(7-5-11)18(15,16)14-8-2-3-10(13)9-14/h4-7,10H,2-3,8-9,13H2,1H3. The molecule has 2 N–H and O–H groups in total. The van der Waals surface area contributed by atoms with E-state index in [-0.39, 0.29) is 10.9 Å². The van der Waals surface area contributed by atoms with Gasteiger partial charge in [0, 0.05) is 19.1 Å². The van der Waals surface area contributed by atoms with Crippen molar-refractivity contribution in [3.8, 4) is 5.75 Å². The topological polar surface area (TPSA) is 72.6 Å². The van der Waals surface area contributed by atoms with Crippen molar-refractivity contribution in [3.05, 3.63) is 24.3 Å². The monoisotopic (exact) mass is 270 g/mol. The normalized spacial score (nSPS) is 21.8. The fourth-order valence-corrected chi connectivity index (χ4v) is 3.62. The highest BCUT2D eigenvalue weighted by atomic mass is 32.2. The van der Waals surface area contributed by atoms with Gasteiger partial charge in [-0.05, 0) is 37.1 Å². The van der Waals surface area contributed by atoms with Crippen LogP contribution in [0.5, 0.6) is 5.75 Å². The fourth-order valence-electron chi connectivity index (χ4n) is 2.09. The van der Waals surface area contributed by atoms with Crippen LogP contribution < -0.4 is 10.5 Å². The number of methoxy groups -OCH3 is 1. The summed E-state index contributed by atoms with van der Waals surface area (Å²) in [6, 6.07) is 6.36. The lowest BCUT2D eigenvalue weighted by Gasteiger charge is -2.29. The Balaban J connectivity index is 2.23. The Morgan fingerprint density at radius 1 is 1.33 bits per heavy atom.